The minimum atomic E-state index is -2.91. The number of carbonyl (C=O) groups excluding carboxylic acids is 2. The molecule has 38 heavy (non-hydrogen) atoms. The topological polar surface area (TPSA) is 156 Å². The number of nitriles is 1. The first-order chi connectivity index (χ1) is 18.2. The number of aryl methyl sites for hydroxylation is 1. The molecule has 0 spiro atoms. The van der Waals surface area contributed by atoms with Gasteiger partial charge in [-0.15, -0.1) is 10.2 Å². The fourth-order valence-corrected chi connectivity index (χ4v) is 3.87. The van der Waals surface area contributed by atoms with Crippen LogP contribution in [0, 0.1) is 18.3 Å². The third-order valence-corrected chi connectivity index (χ3v) is 5.52. The summed E-state index contributed by atoms with van der Waals surface area (Å²) in [4.78, 5) is 31.2. The number of aromatic nitrogens is 7. The summed E-state index contributed by atoms with van der Waals surface area (Å²) >= 11 is 12.4. The van der Waals surface area contributed by atoms with Crippen LogP contribution in [0.1, 0.15) is 44.4 Å². The van der Waals surface area contributed by atoms with E-state index in [0.29, 0.717) is 5.56 Å². The van der Waals surface area contributed by atoms with E-state index in [1.54, 1.807) is 31.2 Å². The average molecular weight is 561 g/mol. The number of hydrogen-bond acceptors (Lipinski definition) is 8. The van der Waals surface area contributed by atoms with Gasteiger partial charge in [-0.2, -0.15) is 15.2 Å². The molecular formula is C22H16Cl2F2N10O2. The number of benzene rings is 1. The minimum Gasteiger partial charge on any atom is -0.339 e. The van der Waals surface area contributed by atoms with Crippen molar-refractivity contribution in [1.29, 1.82) is 5.26 Å². The third-order valence-electron chi connectivity index (χ3n) is 5.01. The molecule has 4 aromatic rings. The first-order valence-electron chi connectivity index (χ1n) is 10.7. The van der Waals surface area contributed by atoms with Gasteiger partial charge in [-0.25, -0.2) is 18.4 Å². The standard InChI is InChI=1S/C22H16Cl2F2N10O2/c1-11-7-12(23)8-14(21(37)29-6-4-27)17(11)30-22(38)16-9-13(10-35-33-19(18(25)26)31-34-35)32-36(16)20-15(24)3-2-5-28-20/h2-3,5,7-9,18H,6,10H2,1H3,(H,29,37)(H,30,38). The zero-order valence-corrected chi connectivity index (χ0v) is 20.9. The van der Waals surface area contributed by atoms with Crippen molar-refractivity contribution in [2.24, 2.45) is 0 Å². The fraction of sp³-hybridized carbons (Fsp3) is 0.182. The molecule has 0 aliphatic heterocycles. The Morgan fingerprint density at radius 3 is 2.66 bits per heavy atom. The molecule has 12 nitrogen and oxygen atoms in total. The van der Waals surface area contributed by atoms with Crippen LogP contribution in [-0.2, 0) is 6.54 Å². The number of carbonyl (C=O) groups is 2. The summed E-state index contributed by atoms with van der Waals surface area (Å²) in [7, 11) is 0. The fourth-order valence-electron chi connectivity index (χ4n) is 3.40. The van der Waals surface area contributed by atoms with Crippen molar-refractivity contribution in [3.8, 4) is 11.9 Å². The Hall–Kier alpha value is -4.48. The SMILES string of the molecule is Cc1cc(Cl)cc(C(=O)NCC#N)c1NC(=O)c1cc(Cn2nnc(C(F)F)n2)nn1-c1ncccc1Cl. The lowest BCUT2D eigenvalue weighted by Crippen LogP contribution is -2.26. The van der Waals surface area contributed by atoms with E-state index < -0.39 is 24.1 Å². The molecule has 0 saturated heterocycles. The van der Waals surface area contributed by atoms with Crippen molar-refractivity contribution in [3.05, 3.63) is 74.9 Å². The maximum atomic E-state index is 13.5. The molecule has 4 rings (SSSR count). The molecule has 0 fully saturated rings. The normalized spacial score (nSPS) is 10.9. The highest BCUT2D eigenvalue weighted by atomic mass is 35.5. The van der Waals surface area contributed by atoms with Crippen molar-refractivity contribution in [2.75, 3.05) is 11.9 Å². The molecule has 2 N–H and O–H groups in total. The lowest BCUT2D eigenvalue weighted by atomic mass is 10.1. The number of halogens is 4. The van der Waals surface area contributed by atoms with Crippen molar-refractivity contribution in [2.45, 2.75) is 19.9 Å². The second kappa shape index (κ2) is 11.3. The number of tetrazole rings is 1. The second-order valence-electron chi connectivity index (χ2n) is 7.66. The summed E-state index contributed by atoms with van der Waals surface area (Å²) in [5.41, 5.74) is 0.812. The number of nitrogens with one attached hydrogen (secondary N) is 2. The van der Waals surface area contributed by atoms with E-state index in [-0.39, 0.29) is 51.6 Å². The molecule has 0 aliphatic carbocycles. The molecular weight excluding hydrogens is 545 g/mol. The quantitative estimate of drug-likeness (QED) is 0.310. The van der Waals surface area contributed by atoms with Crippen LogP contribution in [0.5, 0.6) is 0 Å². The van der Waals surface area contributed by atoms with Gasteiger partial charge in [0.15, 0.2) is 5.82 Å². The van der Waals surface area contributed by atoms with E-state index in [1.807, 2.05) is 0 Å². The average Bonchev–Trinajstić information content (AvgIpc) is 3.52. The van der Waals surface area contributed by atoms with Crippen LogP contribution in [0.4, 0.5) is 14.5 Å². The Morgan fingerprint density at radius 2 is 1.97 bits per heavy atom. The largest absolute Gasteiger partial charge is 0.339 e. The van der Waals surface area contributed by atoms with Crippen molar-refractivity contribution >= 4 is 40.7 Å². The Bertz CT molecular complexity index is 1560. The maximum absolute atomic E-state index is 13.5. The third kappa shape index (κ3) is 5.74. The van der Waals surface area contributed by atoms with Crippen LogP contribution in [-0.4, -0.2) is 53.3 Å². The molecule has 0 aliphatic rings. The summed E-state index contributed by atoms with van der Waals surface area (Å²) in [6.07, 6.45) is -1.46. The zero-order chi connectivity index (χ0) is 27.4. The predicted octanol–water partition coefficient (Wildman–Crippen LogP) is 3.36. The lowest BCUT2D eigenvalue weighted by Gasteiger charge is -2.15. The van der Waals surface area contributed by atoms with E-state index in [9.17, 15) is 18.4 Å². The highest BCUT2D eigenvalue weighted by molar-refractivity contribution is 6.32. The molecule has 1 aromatic carbocycles. The van der Waals surface area contributed by atoms with Crippen LogP contribution in [0.2, 0.25) is 10.0 Å². The Balaban J connectivity index is 1.73. The number of anilines is 1. The first-order valence-corrected chi connectivity index (χ1v) is 11.5. The number of hydrogen-bond donors (Lipinski definition) is 2. The van der Waals surface area contributed by atoms with Crippen LogP contribution >= 0.6 is 23.2 Å². The monoisotopic (exact) mass is 560 g/mol. The van der Waals surface area contributed by atoms with Crippen LogP contribution in [0.25, 0.3) is 5.82 Å². The number of pyridine rings is 1. The first kappa shape index (κ1) is 26.6. The van der Waals surface area contributed by atoms with E-state index >= 15 is 0 Å². The highest BCUT2D eigenvalue weighted by Crippen LogP contribution is 2.27. The molecule has 0 bridgehead atoms. The zero-order valence-electron chi connectivity index (χ0n) is 19.4. The van der Waals surface area contributed by atoms with E-state index in [1.165, 1.54) is 23.0 Å². The Kier molecular flexibility index (Phi) is 7.89. The molecule has 0 unspecified atom stereocenters. The number of alkyl halides is 2. The van der Waals surface area contributed by atoms with Gasteiger partial charge in [0.25, 0.3) is 11.8 Å². The van der Waals surface area contributed by atoms with Gasteiger partial charge in [-0.1, -0.05) is 23.2 Å². The smallest absolute Gasteiger partial charge is 0.301 e. The Labute approximate surface area is 223 Å². The van der Waals surface area contributed by atoms with Crippen molar-refractivity contribution < 1.29 is 18.4 Å². The predicted molar refractivity (Wildman–Crippen MR) is 130 cm³/mol. The van der Waals surface area contributed by atoms with Crippen LogP contribution in [0.3, 0.4) is 0 Å². The molecule has 16 heteroatoms. The van der Waals surface area contributed by atoms with Gasteiger partial charge in [-0.3, -0.25) is 9.59 Å². The highest BCUT2D eigenvalue weighted by Gasteiger charge is 2.23. The molecule has 3 aromatic heterocycles. The van der Waals surface area contributed by atoms with Gasteiger partial charge in [0.2, 0.25) is 5.82 Å². The van der Waals surface area contributed by atoms with Gasteiger partial charge < -0.3 is 10.6 Å². The molecule has 3 heterocycles. The van der Waals surface area contributed by atoms with Gasteiger partial charge >= 0.3 is 6.43 Å². The number of amides is 2. The minimum absolute atomic E-state index is 0.0344. The molecule has 0 atom stereocenters. The van der Waals surface area contributed by atoms with Crippen molar-refractivity contribution in [1.82, 2.24) is 40.3 Å². The molecule has 2 amide bonds. The maximum Gasteiger partial charge on any atom is 0.301 e. The van der Waals surface area contributed by atoms with Gasteiger partial charge in [0.1, 0.15) is 18.8 Å². The van der Waals surface area contributed by atoms with E-state index in [0.717, 1.165) is 4.80 Å². The number of rotatable bonds is 8. The summed E-state index contributed by atoms with van der Waals surface area (Å²) in [6, 6.07) is 9.20. The summed E-state index contributed by atoms with van der Waals surface area (Å²) < 4.78 is 26.9. The molecule has 0 saturated carbocycles. The van der Waals surface area contributed by atoms with Gasteiger partial charge in [0, 0.05) is 11.2 Å². The summed E-state index contributed by atoms with van der Waals surface area (Å²) in [6.45, 7) is 1.19. The van der Waals surface area contributed by atoms with Crippen LogP contribution in [0.15, 0.2) is 36.5 Å². The summed E-state index contributed by atoms with van der Waals surface area (Å²) in [5, 5.41) is 29.1. The molecule has 0 radical (unpaired) electrons. The van der Waals surface area contributed by atoms with E-state index in [4.69, 9.17) is 28.5 Å². The van der Waals surface area contributed by atoms with Gasteiger partial charge in [-0.05, 0) is 48.0 Å². The molecule has 194 valence electrons. The Morgan fingerprint density at radius 1 is 1.18 bits per heavy atom. The lowest BCUT2D eigenvalue weighted by molar-refractivity contribution is 0.0959. The van der Waals surface area contributed by atoms with Crippen LogP contribution < -0.4 is 10.6 Å². The second-order valence-corrected chi connectivity index (χ2v) is 8.50. The number of nitrogens with zero attached hydrogens (tertiary/aromatic N) is 8. The van der Waals surface area contributed by atoms with Crippen molar-refractivity contribution in [3.63, 3.8) is 0 Å². The summed E-state index contributed by atoms with van der Waals surface area (Å²) in [5.74, 6) is -1.97. The van der Waals surface area contributed by atoms with E-state index in [2.05, 4.69) is 36.1 Å². The van der Waals surface area contributed by atoms with Gasteiger partial charge in [0.05, 0.1) is 28.0 Å².